The molecule has 22 heavy (non-hydrogen) atoms. The summed E-state index contributed by atoms with van der Waals surface area (Å²) < 4.78 is 5.36. The van der Waals surface area contributed by atoms with E-state index in [1.807, 2.05) is 20.8 Å². The van der Waals surface area contributed by atoms with Gasteiger partial charge in [0.15, 0.2) is 0 Å². The van der Waals surface area contributed by atoms with E-state index >= 15 is 0 Å². The van der Waals surface area contributed by atoms with E-state index < -0.39 is 11.7 Å². The van der Waals surface area contributed by atoms with Crippen LogP contribution in [0.3, 0.4) is 0 Å². The smallest absolute Gasteiger partial charge is 0.410 e. The van der Waals surface area contributed by atoms with Gasteiger partial charge in [-0.2, -0.15) is 0 Å². The lowest BCUT2D eigenvalue weighted by atomic mass is 9.80. The third-order valence-corrected chi connectivity index (χ3v) is 4.36. The molecule has 0 saturated carbocycles. The fraction of sp³-hybridized carbons (Fsp3) is 0.875. The molecule has 0 bridgehead atoms. The van der Waals surface area contributed by atoms with Gasteiger partial charge in [0.05, 0.1) is 0 Å². The molecule has 2 amide bonds. The van der Waals surface area contributed by atoms with Gasteiger partial charge in [-0.25, -0.2) is 4.79 Å². The second-order valence-electron chi connectivity index (χ2n) is 7.51. The first kappa shape index (κ1) is 17.1. The molecule has 0 aromatic rings. The van der Waals surface area contributed by atoms with Crippen LogP contribution in [-0.2, 0) is 9.53 Å². The molecule has 0 unspecified atom stereocenters. The van der Waals surface area contributed by atoms with Crippen LogP contribution in [0.15, 0.2) is 0 Å². The van der Waals surface area contributed by atoms with Crippen LogP contribution in [0.2, 0.25) is 0 Å². The van der Waals surface area contributed by atoms with E-state index in [0.29, 0.717) is 31.5 Å². The number of ether oxygens (including phenoxy) is 1. The van der Waals surface area contributed by atoms with Gasteiger partial charge < -0.3 is 19.6 Å². The molecule has 2 rings (SSSR count). The predicted molar refractivity (Wildman–Crippen MR) is 82.3 cm³/mol. The van der Waals surface area contributed by atoms with Crippen molar-refractivity contribution >= 4 is 12.0 Å². The summed E-state index contributed by atoms with van der Waals surface area (Å²) in [4.78, 5) is 27.3. The van der Waals surface area contributed by atoms with Gasteiger partial charge in [0.1, 0.15) is 11.7 Å². The van der Waals surface area contributed by atoms with Crippen LogP contribution in [0.4, 0.5) is 4.79 Å². The van der Waals surface area contributed by atoms with Gasteiger partial charge >= 0.3 is 6.09 Å². The van der Waals surface area contributed by atoms with Crippen molar-refractivity contribution < 1.29 is 19.4 Å². The Balaban J connectivity index is 1.80. The largest absolute Gasteiger partial charge is 0.444 e. The number of carbonyl (C=O) groups excluding carboxylic acids is 2. The quantitative estimate of drug-likeness (QED) is 0.838. The number of likely N-dealkylation sites (tertiary alicyclic amines) is 2. The van der Waals surface area contributed by atoms with Crippen LogP contribution < -0.4 is 0 Å². The third kappa shape index (κ3) is 4.12. The summed E-state index contributed by atoms with van der Waals surface area (Å²) >= 11 is 0. The molecule has 6 nitrogen and oxygen atoms in total. The van der Waals surface area contributed by atoms with Gasteiger partial charge in [-0.3, -0.25) is 4.79 Å². The predicted octanol–water partition coefficient (Wildman–Crippen LogP) is 1.47. The van der Waals surface area contributed by atoms with Crippen molar-refractivity contribution in [3.8, 4) is 0 Å². The number of aliphatic hydroxyl groups is 1. The zero-order valence-corrected chi connectivity index (χ0v) is 14.0. The van der Waals surface area contributed by atoms with Crippen LogP contribution in [0.25, 0.3) is 0 Å². The zero-order valence-electron chi connectivity index (χ0n) is 14.0. The van der Waals surface area contributed by atoms with Gasteiger partial charge in [0.25, 0.3) is 5.91 Å². The molecule has 0 spiro atoms. The van der Waals surface area contributed by atoms with Crippen molar-refractivity contribution in [2.45, 2.75) is 52.2 Å². The minimum Gasteiger partial charge on any atom is -0.444 e. The molecule has 2 saturated heterocycles. The van der Waals surface area contributed by atoms with Gasteiger partial charge in [0.2, 0.25) is 0 Å². The van der Waals surface area contributed by atoms with Gasteiger partial charge in [-0.15, -0.1) is 0 Å². The molecule has 126 valence electrons. The maximum Gasteiger partial charge on any atom is 0.410 e. The van der Waals surface area contributed by atoms with E-state index in [1.54, 1.807) is 9.80 Å². The van der Waals surface area contributed by atoms with E-state index in [1.165, 1.54) is 6.92 Å². The zero-order chi connectivity index (χ0) is 16.5. The molecule has 2 aliphatic rings. The molecule has 0 aromatic carbocycles. The number of hydrogen-bond acceptors (Lipinski definition) is 4. The summed E-state index contributed by atoms with van der Waals surface area (Å²) in [5.41, 5.74) is -0.465. The second kappa shape index (κ2) is 6.44. The average Bonchev–Trinajstić information content (AvgIpc) is 2.34. The first-order chi connectivity index (χ1) is 10.2. The summed E-state index contributed by atoms with van der Waals surface area (Å²) in [5.74, 6) is 0.653. The molecule has 2 fully saturated rings. The van der Waals surface area contributed by atoms with Crippen molar-refractivity contribution in [2.24, 2.45) is 11.8 Å². The van der Waals surface area contributed by atoms with E-state index in [-0.39, 0.29) is 12.0 Å². The van der Waals surface area contributed by atoms with Gasteiger partial charge in [-0.05, 0) is 52.4 Å². The van der Waals surface area contributed by atoms with E-state index in [9.17, 15) is 14.7 Å². The number of carbonyl (C=O) groups is 2. The van der Waals surface area contributed by atoms with Crippen LogP contribution >= 0.6 is 0 Å². The van der Waals surface area contributed by atoms with Gasteiger partial charge in [-0.1, -0.05) is 0 Å². The third-order valence-electron chi connectivity index (χ3n) is 4.36. The standard InChI is InChI=1S/C16H28N2O4/c1-11(19)14(20)17-7-5-6-12(8-17)13-9-18(10-13)15(21)22-16(2,3)4/h11-13,19H,5-10H2,1-4H3/t11-,12+/m1/s1. The molecule has 2 aliphatic heterocycles. The topological polar surface area (TPSA) is 70.1 Å². The minimum atomic E-state index is -0.932. The highest BCUT2D eigenvalue weighted by Gasteiger charge is 2.40. The van der Waals surface area contributed by atoms with Crippen LogP contribution in [0.1, 0.15) is 40.5 Å². The minimum absolute atomic E-state index is 0.187. The number of rotatable bonds is 2. The Labute approximate surface area is 132 Å². The Kier molecular flexibility index (Phi) is 5.00. The highest BCUT2D eigenvalue weighted by Crippen LogP contribution is 2.31. The molecule has 0 aliphatic carbocycles. The maximum absolute atomic E-state index is 11.9. The number of piperidine rings is 1. The van der Waals surface area contributed by atoms with Crippen molar-refractivity contribution in [3.05, 3.63) is 0 Å². The molecular formula is C16H28N2O4. The Hall–Kier alpha value is -1.30. The fourth-order valence-corrected chi connectivity index (χ4v) is 3.15. The summed E-state index contributed by atoms with van der Waals surface area (Å²) in [6.07, 6.45) is 0.859. The van der Waals surface area contributed by atoms with Crippen LogP contribution in [-0.4, -0.2) is 64.8 Å². The fourth-order valence-electron chi connectivity index (χ4n) is 3.15. The SMILES string of the molecule is C[C@@H](O)C(=O)N1CCC[C@H](C2CN(C(=O)OC(C)(C)C)C2)C1. The van der Waals surface area contributed by atoms with E-state index in [2.05, 4.69) is 0 Å². The van der Waals surface area contributed by atoms with Crippen LogP contribution in [0.5, 0.6) is 0 Å². The molecule has 1 N–H and O–H groups in total. The Bertz CT molecular complexity index is 424. The number of nitrogens with zero attached hydrogens (tertiary/aromatic N) is 2. The highest BCUT2D eigenvalue weighted by molar-refractivity contribution is 5.80. The lowest BCUT2D eigenvalue weighted by molar-refractivity contribution is -0.142. The summed E-state index contributed by atoms with van der Waals surface area (Å²) in [6.45, 7) is 9.93. The molecule has 6 heteroatoms. The van der Waals surface area contributed by atoms with E-state index in [0.717, 1.165) is 19.4 Å². The Morgan fingerprint density at radius 1 is 1.14 bits per heavy atom. The molecule has 2 heterocycles. The lowest BCUT2D eigenvalue weighted by Gasteiger charge is -2.46. The normalized spacial score (nSPS) is 24.7. The van der Waals surface area contributed by atoms with Crippen molar-refractivity contribution in [2.75, 3.05) is 26.2 Å². The first-order valence-corrected chi connectivity index (χ1v) is 8.12. The van der Waals surface area contributed by atoms with Crippen LogP contribution in [0, 0.1) is 11.8 Å². The second-order valence-corrected chi connectivity index (χ2v) is 7.51. The monoisotopic (exact) mass is 312 g/mol. The first-order valence-electron chi connectivity index (χ1n) is 8.12. The van der Waals surface area contributed by atoms with Gasteiger partial charge in [0, 0.05) is 26.2 Å². The number of hydrogen-bond donors (Lipinski definition) is 1. The highest BCUT2D eigenvalue weighted by atomic mass is 16.6. The molecule has 0 aromatic heterocycles. The Morgan fingerprint density at radius 3 is 2.27 bits per heavy atom. The lowest BCUT2D eigenvalue weighted by Crippen LogP contribution is -2.57. The molecule has 2 atom stereocenters. The summed E-state index contributed by atoms with van der Waals surface area (Å²) in [6, 6.07) is 0. The number of amides is 2. The molecule has 0 radical (unpaired) electrons. The number of aliphatic hydroxyl groups excluding tert-OH is 1. The van der Waals surface area contributed by atoms with E-state index in [4.69, 9.17) is 4.74 Å². The van der Waals surface area contributed by atoms with Crippen molar-refractivity contribution in [1.82, 2.24) is 9.80 Å². The summed E-state index contributed by atoms with van der Waals surface area (Å²) in [7, 11) is 0. The van der Waals surface area contributed by atoms with Crippen molar-refractivity contribution in [1.29, 1.82) is 0 Å². The summed E-state index contributed by atoms with van der Waals surface area (Å²) in [5, 5.41) is 9.43. The average molecular weight is 312 g/mol. The maximum atomic E-state index is 11.9. The van der Waals surface area contributed by atoms with Crippen molar-refractivity contribution in [3.63, 3.8) is 0 Å². The molecular weight excluding hydrogens is 284 g/mol. The Morgan fingerprint density at radius 2 is 1.73 bits per heavy atom.